The highest BCUT2D eigenvalue weighted by Gasteiger charge is 2.29. The van der Waals surface area contributed by atoms with Crippen LogP contribution in [-0.4, -0.2) is 35.8 Å². The highest BCUT2D eigenvalue weighted by molar-refractivity contribution is 8.00. The van der Waals surface area contributed by atoms with Gasteiger partial charge >= 0.3 is 5.51 Å². The summed E-state index contributed by atoms with van der Waals surface area (Å²) < 4.78 is 36.6. The molecule has 0 bridgehead atoms. The van der Waals surface area contributed by atoms with Crippen LogP contribution in [0.1, 0.15) is 12.8 Å². The predicted molar refractivity (Wildman–Crippen MR) is 74.7 cm³/mol. The van der Waals surface area contributed by atoms with Gasteiger partial charge in [0.25, 0.3) is 0 Å². The molecule has 0 atom stereocenters. The van der Waals surface area contributed by atoms with Gasteiger partial charge in [-0.1, -0.05) is 0 Å². The molecule has 0 amide bonds. The number of thioether (sulfide) groups is 2. The lowest BCUT2D eigenvalue weighted by Crippen LogP contribution is -2.31. The molecule has 2 rings (SSSR count). The van der Waals surface area contributed by atoms with Crippen LogP contribution >= 0.6 is 23.5 Å². The van der Waals surface area contributed by atoms with Gasteiger partial charge in [0.1, 0.15) is 0 Å². The minimum absolute atomic E-state index is 0.0601. The zero-order valence-corrected chi connectivity index (χ0v) is 12.2. The molecule has 0 aromatic heterocycles. The van der Waals surface area contributed by atoms with Gasteiger partial charge < -0.3 is 4.90 Å². The van der Waals surface area contributed by atoms with Crippen LogP contribution in [0.2, 0.25) is 0 Å². The summed E-state index contributed by atoms with van der Waals surface area (Å²) in [5.74, 6) is 0. The van der Waals surface area contributed by atoms with Crippen molar-refractivity contribution in [2.75, 3.05) is 20.1 Å². The average Bonchev–Trinajstić information content (AvgIpc) is 2.33. The number of likely N-dealkylation sites (tertiary alicyclic amines) is 1. The molecule has 1 fully saturated rings. The highest BCUT2D eigenvalue weighted by Crippen LogP contribution is 2.38. The molecule has 0 spiro atoms. The lowest BCUT2D eigenvalue weighted by atomic mass is 10.1. The minimum Gasteiger partial charge on any atom is -0.306 e. The Hall–Kier alpha value is -0.330. The molecule has 6 heteroatoms. The van der Waals surface area contributed by atoms with E-state index in [9.17, 15) is 13.2 Å². The van der Waals surface area contributed by atoms with Crippen LogP contribution in [0.25, 0.3) is 0 Å². The zero-order chi connectivity index (χ0) is 13.9. The maximum atomic E-state index is 12.2. The van der Waals surface area contributed by atoms with E-state index in [0.29, 0.717) is 5.25 Å². The van der Waals surface area contributed by atoms with Crippen LogP contribution in [0.5, 0.6) is 0 Å². The Bertz CT molecular complexity index is 397. The van der Waals surface area contributed by atoms with E-state index in [4.69, 9.17) is 0 Å². The van der Waals surface area contributed by atoms with Crippen molar-refractivity contribution in [3.05, 3.63) is 24.3 Å². The van der Waals surface area contributed by atoms with E-state index >= 15 is 0 Å². The third kappa shape index (κ3) is 5.28. The van der Waals surface area contributed by atoms with Crippen LogP contribution in [0, 0.1) is 0 Å². The van der Waals surface area contributed by atoms with Gasteiger partial charge in [-0.05, 0) is 69.0 Å². The summed E-state index contributed by atoms with van der Waals surface area (Å²) in [4.78, 5) is 3.61. The van der Waals surface area contributed by atoms with Gasteiger partial charge in [-0.2, -0.15) is 13.2 Å². The number of nitrogens with zero attached hydrogens (tertiary/aromatic N) is 1. The van der Waals surface area contributed by atoms with E-state index in [0.717, 1.165) is 30.8 Å². The summed E-state index contributed by atoms with van der Waals surface area (Å²) in [6.45, 7) is 2.19. The lowest BCUT2D eigenvalue weighted by molar-refractivity contribution is -0.0328. The lowest BCUT2D eigenvalue weighted by Gasteiger charge is -2.28. The highest BCUT2D eigenvalue weighted by atomic mass is 32.2. The Balaban J connectivity index is 1.88. The monoisotopic (exact) mass is 307 g/mol. The van der Waals surface area contributed by atoms with Gasteiger partial charge in [0, 0.05) is 15.0 Å². The van der Waals surface area contributed by atoms with E-state index < -0.39 is 5.51 Å². The second-order valence-corrected chi connectivity index (χ2v) is 7.15. The molecule has 0 saturated carbocycles. The van der Waals surface area contributed by atoms with Gasteiger partial charge in [0.05, 0.1) is 0 Å². The number of hydrogen-bond donors (Lipinski definition) is 0. The standard InChI is InChI=1S/C13H16F3NS2/c1-17-8-6-11(7-9-17)18-10-2-4-12(5-3-10)19-13(14,15)16/h2-5,11H,6-9H2,1H3. The maximum Gasteiger partial charge on any atom is 0.446 e. The number of rotatable bonds is 3. The van der Waals surface area contributed by atoms with Crippen molar-refractivity contribution in [2.24, 2.45) is 0 Å². The smallest absolute Gasteiger partial charge is 0.306 e. The first-order chi connectivity index (χ1) is 8.92. The first-order valence-electron chi connectivity index (χ1n) is 6.13. The summed E-state index contributed by atoms with van der Waals surface area (Å²) in [6.07, 6.45) is 2.28. The fourth-order valence-electron chi connectivity index (χ4n) is 2.02. The third-order valence-electron chi connectivity index (χ3n) is 3.03. The second kappa shape index (κ2) is 6.41. The molecular formula is C13H16F3NS2. The Morgan fingerprint density at radius 3 is 2.11 bits per heavy atom. The van der Waals surface area contributed by atoms with E-state index in [1.54, 1.807) is 36.0 Å². The molecular weight excluding hydrogens is 291 g/mol. The molecule has 1 aromatic carbocycles. The Morgan fingerprint density at radius 1 is 1.05 bits per heavy atom. The van der Waals surface area contributed by atoms with Crippen molar-refractivity contribution < 1.29 is 13.2 Å². The summed E-state index contributed by atoms with van der Waals surface area (Å²) in [5, 5.41) is 0.581. The number of hydrogen-bond acceptors (Lipinski definition) is 3. The molecule has 106 valence electrons. The van der Waals surface area contributed by atoms with Crippen molar-refractivity contribution in [2.45, 2.75) is 33.4 Å². The van der Waals surface area contributed by atoms with Gasteiger partial charge in [-0.25, -0.2) is 0 Å². The fraction of sp³-hybridized carbons (Fsp3) is 0.538. The van der Waals surface area contributed by atoms with E-state index in [-0.39, 0.29) is 16.7 Å². The first kappa shape index (κ1) is 15.1. The Kier molecular flexibility index (Phi) is 5.09. The average molecular weight is 307 g/mol. The molecule has 1 aromatic rings. The fourth-order valence-corrected chi connectivity index (χ4v) is 3.68. The van der Waals surface area contributed by atoms with Crippen LogP contribution < -0.4 is 0 Å². The molecule has 0 aliphatic carbocycles. The van der Waals surface area contributed by atoms with Crippen molar-refractivity contribution >= 4 is 23.5 Å². The van der Waals surface area contributed by atoms with Crippen LogP contribution in [-0.2, 0) is 0 Å². The molecule has 19 heavy (non-hydrogen) atoms. The third-order valence-corrected chi connectivity index (χ3v) is 5.11. The molecule has 0 radical (unpaired) electrons. The largest absolute Gasteiger partial charge is 0.446 e. The van der Waals surface area contributed by atoms with E-state index in [1.165, 1.54) is 0 Å². The quantitative estimate of drug-likeness (QED) is 0.758. The SMILES string of the molecule is CN1CCC(Sc2ccc(SC(F)(F)F)cc2)CC1. The van der Waals surface area contributed by atoms with Crippen LogP contribution in [0.15, 0.2) is 34.1 Å². The molecule has 0 unspecified atom stereocenters. The normalized spacial score (nSPS) is 18.7. The molecule has 0 N–H and O–H groups in total. The second-order valence-electron chi connectivity index (χ2n) is 4.64. The van der Waals surface area contributed by atoms with Gasteiger partial charge in [0.2, 0.25) is 0 Å². The number of halogens is 3. The summed E-state index contributed by atoms with van der Waals surface area (Å²) in [6, 6.07) is 6.68. The topological polar surface area (TPSA) is 3.24 Å². The number of alkyl halides is 3. The van der Waals surface area contributed by atoms with Crippen molar-refractivity contribution in [3.8, 4) is 0 Å². The number of benzene rings is 1. The maximum absolute atomic E-state index is 12.2. The van der Waals surface area contributed by atoms with E-state index in [1.807, 2.05) is 0 Å². The number of piperidine rings is 1. The Morgan fingerprint density at radius 2 is 1.58 bits per heavy atom. The Labute approximate surface area is 119 Å². The van der Waals surface area contributed by atoms with Crippen LogP contribution in [0.3, 0.4) is 0 Å². The molecule has 1 aliphatic rings. The molecule has 1 aliphatic heterocycles. The van der Waals surface area contributed by atoms with E-state index in [2.05, 4.69) is 11.9 Å². The van der Waals surface area contributed by atoms with Crippen molar-refractivity contribution in [3.63, 3.8) is 0 Å². The minimum atomic E-state index is -4.21. The first-order valence-corrected chi connectivity index (χ1v) is 7.83. The van der Waals surface area contributed by atoms with Gasteiger partial charge in [0.15, 0.2) is 0 Å². The summed E-state index contributed by atoms with van der Waals surface area (Å²) >= 11 is 1.72. The zero-order valence-electron chi connectivity index (χ0n) is 10.6. The van der Waals surface area contributed by atoms with Gasteiger partial charge in [-0.15, -0.1) is 11.8 Å². The van der Waals surface area contributed by atoms with Gasteiger partial charge in [-0.3, -0.25) is 0 Å². The summed E-state index contributed by atoms with van der Waals surface area (Å²) in [5.41, 5.74) is -4.21. The molecule has 1 saturated heterocycles. The predicted octanol–water partition coefficient (Wildman–Crippen LogP) is 4.48. The van der Waals surface area contributed by atoms with Crippen LogP contribution in [0.4, 0.5) is 13.2 Å². The summed E-state index contributed by atoms with van der Waals surface area (Å²) in [7, 11) is 2.12. The van der Waals surface area contributed by atoms with Crippen molar-refractivity contribution in [1.82, 2.24) is 4.90 Å². The van der Waals surface area contributed by atoms with Crippen molar-refractivity contribution in [1.29, 1.82) is 0 Å². The molecule has 1 heterocycles. The molecule has 1 nitrogen and oxygen atoms in total.